The summed E-state index contributed by atoms with van der Waals surface area (Å²) in [4.78, 5) is 15.6. The standard InChI is InChI=1S/C20H34N4O2/c1-15(2)17(4)24(22)16(3)9-10-20(11-12-21)26-14-19(18(5)25)8-7-13-23-6/h9-15,17H,7-8,21-22H2,1-6H3/b12-11+,16-9+,19-14-,20-10+,23-13?. The zero-order valence-electron chi connectivity index (χ0n) is 16.9. The van der Waals surface area contributed by atoms with Gasteiger partial charge in [0, 0.05) is 24.4 Å². The molecule has 0 saturated carbocycles. The molecule has 0 aliphatic heterocycles. The first-order valence-corrected chi connectivity index (χ1v) is 8.82. The summed E-state index contributed by atoms with van der Waals surface area (Å²) in [6.45, 7) is 9.77. The van der Waals surface area contributed by atoms with Crippen LogP contribution in [0.25, 0.3) is 0 Å². The van der Waals surface area contributed by atoms with Crippen molar-refractivity contribution in [3.8, 4) is 0 Å². The predicted molar refractivity (Wildman–Crippen MR) is 109 cm³/mol. The van der Waals surface area contributed by atoms with E-state index in [0.717, 1.165) is 5.70 Å². The van der Waals surface area contributed by atoms with Crippen LogP contribution in [0.2, 0.25) is 0 Å². The molecule has 6 heteroatoms. The largest absolute Gasteiger partial charge is 0.465 e. The summed E-state index contributed by atoms with van der Waals surface area (Å²) in [5, 5.41) is 1.73. The molecule has 4 N–H and O–H groups in total. The Labute approximate surface area is 157 Å². The molecule has 0 rings (SSSR count). The van der Waals surface area contributed by atoms with Gasteiger partial charge in [0.05, 0.1) is 6.26 Å². The summed E-state index contributed by atoms with van der Waals surface area (Å²) in [6.07, 6.45) is 11.1. The minimum absolute atomic E-state index is 0.0313. The van der Waals surface area contributed by atoms with Gasteiger partial charge in [0.25, 0.3) is 0 Å². The number of rotatable bonds is 11. The number of allylic oxidation sites excluding steroid dienone is 5. The van der Waals surface area contributed by atoms with Crippen LogP contribution < -0.4 is 11.6 Å². The molecule has 0 aromatic rings. The molecular weight excluding hydrogens is 328 g/mol. The fourth-order valence-electron chi connectivity index (χ4n) is 1.97. The SMILES string of the molecule is CN=CCC/C(=C/OC(/C=C/N)=C/C=C(\C)N(N)C(C)C(C)C)C(C)=O. The molecule has 0 saturated heterocycles. The minimum atomic E-state index is -0.0313. The highest BCUT2D eigenvalue weighted by Gasteiger charge is 2.13. The first-order valence-electron chi connectivity index (χ1n) is 8.82. The Balaban J connectivity index is 5.26. The third-order valence-corrected chi connectivity index (χ3v) is 4.07. The van der Waals surface area contributed by atoms with Gasteiger partial charge in [0.15, 0.2) is 5.78 Å². The van der Waals surface area contributed by atoms with E-state index in [4.69, 9.17) is 16.3 Å². The molecule has 0 bridgehead atoms. The molecule has 0 fully saturated rings. The first-order chi connectivity index (χ1) is 12.2. The molecule has 1 unspecified atom stereocenters. The number of carbonyl (C=O) groups is 1. The molecule has 0 aromatic heterocycles. The maximum atomic E-state index is 11.7. The van der Waals surface area contributed by atoms with Crippen LogP contribution in [0.5, 0.6) is 0 Å². The molecule has 6 nitrogen and oxygen atoms in total. The molecule has 1 atom stereocenters. The van der Waals surface area contributed by atoms with Crippen molar-refractivity contribution in [2.24, 2.45) is 22.5 Å². The Bertz CT molecular complexity index is 587. The van der Waals surface area contributed by atoms with Crippen molar-refractivity contribution in [1.29, 1.82) is 0 Å². The molecule has 0 amide bonds. The summed E-state index contributed by atoms with van der Waals surface area (Å²) < 4.78 is 5.64. The summed E-state index contributed by atoms with van der Waals surface area (Å²) in [7, 11) is 1.70. The molecule has 0 radical (unpaired) electrons. The van der Waals surface area contributed by atoms with Gasteiger partial charge >= 0.3 is 0 Å². The molecule has 0 aromatic carbocycles. The first kappa shape index (κ1) is 23.7. The van der Waals surface area contributed by atoms with Gasteiger partial charge in [0.2, 0.25) is 0 Å². The van der Waals surface area contributed by atoms with E-state index in [0.29, 0.717) is 30.1 Å². The van der Waals surface area contributed by atoms with Crippen molar-refractivity contribution in [1.82, 2.24) is 5.01 Å². The van der Waals surface area contributed by atoms with Crippen LogP contribution >= 0.6 is 0 Å². The van der Waals surface area contributed by atoms with Crippen LogP contribution in [0, 0.1) is 5.92 Å². The maximum Gasteiger partial charge on any atom is 0.158 e. The lowest BCUT2D eigenvalue weighted by molar-refractivity contribution is -0.113. The van der Waals surface area contributed by atoms with E-state index in [9.17, 15) is 4.79 Å². The Morgan fingerprint density at radius 3 is 2.38 bits per heavy atom. The van der Waals surface area contributed by atoms with Crippen LogP contribution in [-0.2, 0) is 9.53 Å². The van der Waals surface area contributed by atoms with Gasteiger partial charge in [0.1, 0.15) is 5.76 Å². The van der Waals surface area contributed by atoms with Crippen molar-refractivity contribution in [2.45, 2.75) is 53.5 Å². The van der Waals surface area contributed by atoms with Gasteiger partial charge in [-0.3, -0.25) is 4.79 Å². The minimum Gasteiger partial charge on any atom is -0.465 e. The smallest absolute Gasteiger partial charge is 0.158 e. The maximum absolute atomic E-state index is 11.7. The van der Waals surface area contributed by atoms with E-state index in [2.05, 4.69) is 25.8 Å². The van der Waals surface area contributed by atoms with E-state index in [-0.39, 0.29) is 11.8 Å². The lowest BCUT2D eigenvalue weighted by Gasteiger charge is -2.29. The average Bonchev–Trinajstić information content (AvgIpc) is 2.60. The number of ketones is 1. The van der Waals surface area contributed by atoms with Gasteiger partial charge in [-0.2, -0.15) is 0 Å². The highest BCUT2D eigenvalue weighted by molar-refractivity contribution is 5.93. The lowest BCUT2D eigenvalue weighted by atomic mass is 10.1. The highest BCUT2D eigenvalue weighted by Crippen LogP contribution is 2.13. The number of nitrogens with zero attached hydrogens (tertiary/aromatic N) is 2. The van der Waals surface area contributed by atoms with Crippen LogP contribution in [0.1, 0.15) is 47.5 Å². The number of hydrazine groups is 1. The van der Waals surface area contributed by atoms with Crippen LogP contribution in [0.3, 0.4) is 0 Å². The number of aliphatic imine (C=N–C) groups is 1. The second-order valence-electron chi connectivity index (χ2n) is 6.42. The van der Waals surface area contributed by atoms with Gasteiger partial charge < -0.3 is 20.5 Å². The quantitative estimate of drug-likeness (QED) is 0.147. The third-order valence-electron chi connectivity index (χ3n) is 4.07. The second-order valence-corrected chi connectivity index (χ2v) is 6.42. The predicted octanol–water partition coefficient (Wildman–Crippen LogP) is 3.44. The van der Waals surface area contributed by atoms with Gasteiger partial charge in [-0.15, -0.1) is 0 Å². The van der Waals surface area contributed by atoms with E-state index in [1.54, 1.807) is 30.4 Å². The Morgan fingerprint density at radius 1 is 1.23 bits per heavy atom. The van der Waals surface area contributed by atoms with Gasteiger partial charge in [-0.1, -0.05) is 13.8 Å². The zero-order chi connectivity index (χ0) is 20.1. The molecule has 0 aliphatic rings. The monoisotopic (exact) mass is 362 g/mol. The normalized spacial score (nSPS) is 15.2. The summed E-state index contributed by atoms with van der Waals surface area (Å²) >= 11 is 0. The van der Waals surface area contributed by atoms with Crippen molar-refractivity contribution < 1.29 is 9.53 Å². The molecule has 0 aliphatic carbocycles. The highest BCUT2D eigenvalue weighted by atomic mass is 16.5. The Kier molecular flexibility index (Phi) is 11.8. The van der Waals surface area contributed by atoms with Crippen molar-refractivity contribution >= 4 is 12.0 Å². The molecule has 146 valence electrons. The van der Waals surface area contributed by atoms with E-state index < -0.39 is 0 Å². The van der Waals surface area contributed by atoms with Gasteiger partial charge in [-0.25, -0.2) is 5.84 Å². The zero-order valence-corrected chi connectivity index (χ0v) is 16.9. The number of hydrogen-bond donors (Lipinski definition) is 2. The van der Waals surface area contributed by atoms with Gasteiger partial charge in [-0.05, 0) is 70.2 Å². The third kappa shape index (κ3) is 9.22. The van der Waals surface area contributed by atoms with Crippen LogP contribution in [0.4, 0.5) is 0 Å². The van der Waals surface area contributed by atoms with Crippen LogP contribution in [-0.4, -0.2) is 30.1 Å². The van der Waals surface area contributed by atoms with Crippen LogP contribution in [0.15, 0.2) is 52.7 Å². The second kappa shape index (κ2) is 12.9. The molecular formula is C20H34N4O2. The molecule has 0 spiro atoms. The number of carbonyl (C=O) groups excluding carboxylic acids is 1. The van der Waals surface area contributed by atoms with Crippen molar-refractivity contribution in [2.75, 3.05) is 7.05 Å². The summed E-state index contributed by atoms with van der Waals surface area (Å²) in [5.41, 5.74) is 6.98. The number of nitrogens with two attached hydrogens (primary N) is 2. The number of Topliss-reactive ketones (excluding diaryl/α,β-unsaturated/α-hetero) is 1. The summed E-state index contributed by atoms with van der Waals surface area (Å²) in [5.74, 6) is 7.05. The number of ether oxygens (including phenoxy) is 1. The summed E-state index contributed by atoms with van der Waals surface area (Å²) in [6, 6.07) is 0.207. The Morgan fingerprint density at radius 2 is 1.88 bits per heavy atom. The molecule has 0 heterocycles. The van der Waals surface area contributed by atoms with Crippen molar-refractivity contribution in [3.05, 3.63) is 47.7 Å². The topological polar surface area (TPSA) is 93.9 Å². The number of hydrogen-bond acceptors (Lipinski definition) is 6. The molecule has 26 heavy (non-hydrogen) atoms. The van der Waals surface area contributed by atoms with E-state index in [1.165, 1.54) is 19.4 Å². The lowest BCUT2D eigenvalue weighted by Crippen LogP contribution is -2.40. The Hall–Kier alpha value is -2.34. The van der Waals surface area contributed by atoms with E-state index >= 15 is 0 Å². The fraction of sp³-hybridized carbons (Fsp3) is 0.500. The average molecular weight is 363 g/mol. The fourth-order valence-corrected chi connectivity index (χ4v) is 1.97. The van der Waals surface area contributed by atoms with Crippen molar-refractivity contribution in [3.63, 3.8) is 0 Å². The van der Waals surface area contributed by atoms with E-state index in [1.807, 2.05) is 13.0 Å².